The smallest absolute Gasteiger partial charge is 0.310 e. The van der Waals surface area contributed by atoms with Gasteiger partial charge < -0.3 is 10.2 Å². The SMILES string of the molecule is N#CN1CC[C@H](C(=O)Nc2nc3ccc(-c4cn[nH]c4C(F)(F)F)cc3s2)C1. The molecule has 3 heterocycles. The minimum Gasteiger partial charge on any atom is -0.310 e. The van der Waals surface area contributed by atoms with Gasteiger partial charge in [0.05, 0.1) is 22.3 Å². The van der Waals surface area contributed by atoms with Gasteiger partial charge >= 0.3 is 6.18 Å². The summed E-state index contributed by atoms with van der Waals surface area (Å²) in [4.78, 5) is 18.2. The van der Waals surface area contributed by atoms with Crippen molar-refractivity contribution < 1.29 is 18.0 Å². The van der Waals surface area contributed by atoms with Gasteiger partial charge in [-0.1, -0.05) is 17.4 Å². The van der Waals surface area contributed by atoms with Crippen LogP contribution in [0.3, 0.4) is 0 Å². The van der Waals surface area contributed by atoms with Crippen LogP contribution in [0.2, 0.25) is 0 Å². The minimum atomic E-state index is -4.54. The van der Waals surface area contributed by atoms with E-state index < -0.39 is 11.9 Å². The van der Waals surface area contributed by atoms with E-state index in [1.165, 1.54) is 22.3 Å². The lowest BCUT2D eigenvalue weighted by atomic mass is 10.1. The first kappa shape index (κ1) is 18.2. The first-order valence-corrected chi connectivity index (χ1v) is 9.14. The number of anilines is 1. The lowest BCUT2D eigenvalue weighted by Crippen LogP contribution is -2.25. The molecule has 3 aromatic rings. The Kier molecular flexibility index (Phi) is 4.43. The molecule has 4 rings (SSSR count). The van der Waals surface area contributed by atoms with Crippen molar-refractivity contribution in [2.24, 2.45) is 5.92 Å². The first-order chi connectivity index (χ1) is 13.3. The molecule has 11 heteroatoms. The lowest BCUT2D eigenvalue weighted by molar-refractivity contribution is -0.140. The Morgan fingerprint density at radius 1 is 1.43 bits per heavy atom. The fraction of sp³-hybridized carbons (Fsp3) is 0.294. The second-order valence-electron chi connectivity index (χ2n) is 6.38. The van der Waals surface area contributed by atoms with Gasteiger partial charge in [-0.3, -0.25) is 9.89 Å². The lowest BCUT2D eigenvalue weighted by Gasteiger charge is -2.08. The number of nitriles is 1. The molecule has 0 bridgehead atoms. The van der Waals surface area contributed by atoms with Crippen LogP contribution in [0.4, 0.5) is 18.3 Å². The predicted octanol–water partition coefficient (Wildman–Crippen LogP) is 3.45. The number of aromatic amines is 1. The third kappa shape index (κ3) is 3.38. The summed E-state index contributed by atoms with van der Waals surface area (Å²) in [5, 5.41) is 17.5. The van der Waals surface area contributed by atoms with E-state index in [9.17, 15) is 18.0 Å². The summed E-state index contributed by atoms with van der Waals surface area (Å²) in [6.07, 6.45) is -0.788. The van der Waals surface area contributed by atoms with Gasteiger partial charge in [0.2, 0.25) is 5.91 Å². The zero-order chi connectivity index (χ0) is 19.9. The van der Waals surface area contributed by atoms with Gasteiger partial charge in [-0.2, -0.15) is 23.5 Å². The fourth-order valence-corrected chi connectivity index (χ4v) is 4.05. The van der Waals surface area contributed by atoms with E-state index >= 15 is 0 Å². The number of carbonyl (C=O) groups is 1. The molecule has 1 fully saturated rings. The Hall–Kier alpha value is -3.13. The van der Waals surface area contributed by atoms with Crippen LogP contribution in [-0.2, 0) is 11.0 Å². The number of fused-ring (bicyclic) bond motifs is 1. The van der Waals surface area contributed by atoms with Crippen molar-refractivity contribution in [1.29, 1.82) is 5.26 Å². The van der Waals surface area contributed by atoms with E-state index in [0.29, 0.717) is 40.4 Å². The molecule has 1 amide bonds. The van der Waals surface area contributed by atoms with Crippen LogP contribution in [0.5, 0.6) is 0 Å². The fourth-order valence-electron chi connectivity index (χ4n) is 3.14. The van der Waals surface area contributed by atoms with Crippen LogP contribution in [0.1, 0.15) is 12.1 Å². The molecule has 0 spiro atoms. The average molecular weight is 406 g/mol. The van der Waals surface area contributed by atoms with E-state index in [4.69, 9.17) is 5.26 Å². The maximum Gasteiger partial charge on any atom is 0.433 e. The summed E-state index contributed by atoms with van der Waals surface area (Å²) in [5.41, 5.74) is -0.0224. The highest BCUT2D eigenvalue weighted by molar-refractivity contribution is 7.22. The summed E-state index contributed by atoms with van der Waals surface area (Å²) in [5.74, 6) is -0.506. The van der Waals surface area contributed by atoms with Crippen LogP contribution in [0.25, 0.3) is 21.3 Å². The Labute approximate surface area is 160 Å². The van der Waals surface area contributed by atoms with Crippen molar-refractivity contribution in [3.05, 3.63) is 30.1 Å². The molecule has 2 aromatic heterocycles. The van der Waals surface area contributed by atoms with Gasteiger partial charge in [0.15, 0.2) is 11.3 Å². The number of amides is 1. The summed E-state index contributed by atoms with van der Waals surface area (Å²) in [6, 6.07) is 4.74. The van der Waals surface area contributed by atoms with E-state index in [1.807, 2.05) is 11.3 Å². The predicted molar refractivity (Wildman–Crippen MR) is 96.1 cm³/mol. The van der Waals surface area contributed by atoms with Gasteiger partial charge in [-0.15, -0.1) is 0 Å². The first-order valence-electron chi connectivity index (χ1n) is 8.32. The number of rotatable bonds is 3. The molecule has 1 saturated heterocycles. The Morgan fingerprint density at radius 2 is 2.25 bits per heavy atom. The van der Waals surface area contributed by atoms with Gasteiger partial charge in [-0.25, -0.2) is 4.98 Å². The van der Waals surface area contributed by atoms with E-state index in [1.54, 1.807) is 12.1 Å². The van der Waals surface area contributed by atoms with Gasteiger partial charge in [0.25, 0.3) is 0 Å². The van der Waals surface area contributed by atoms with Crippen LogP contribution in [-0.4, -0.2) is 39.1 Å². The van der Waals surface area contributed by atoms with Crippen molar-refractivity contribution in [2.75, 3.05) is 18.4 Å². The summed E-state index contributed by atoms with van der Waals surface area (Å²) < 4.78 is 39.9. The monoisotopic (exact) mass is 406 g/mol. The number of carbonyl (C=O) groups excluding carboxylic acids is 1. The summed E-state index contributed by atoms with van der Waals surface area (Å²) in [6.45, 7) is 0.919. The summed E-state index contributed by atoms with van der Waals surface area (Å²) in [7, 11) is 0. The number of aromatic nitrogens is 3. The number of nitrogens with zero attached hydrogens (tertiary/aromatic N) is 4. The van der Waals surface area contributed by atoms with Crippen LogP contribution in [0.15, 0.2) is 24.4 Å². The molecular weight excluding hydrogens is 393 g/mol. The van der Waals surface area contributed by atoms with E-state index in [0.717, 1.165) is 6.20 Å². The zero-order valence-electron chi connectivity index (χ0n) is 14.2. The highest BCUT2D eigenvalue weighted by Gasteiger charge is 2.36. The molecule has 1 aromatic carbocycles. The molecule has 1 aliphatic rings. The topological polar surface area (TPSA) is 97.7 Å². The van der Waals surface area contributed by atoms with Crippen LogP contribution >= 0.6 is 11.3 Å². The molecule has 28 heavy (non-hydrogen) atoms. The number of hydrogen-bond acceptors (Lipinski definition) is 6. The maximum atomic E-state index is 13.1. The number of alkyl halides is 3. The maximum absolute atomic E-state index is 13.1. The third-order valence-corrected chi connectivity index (χ3v) is 5.49. The number of H-pyrrole nitrogens is 1. The molecule has 1 atom stereocenters. The number of benzene rings is 1. The zero-order valence-corrected chi connectivity index (χ0v) is 15.1. The second kappa shape index (κ2) is 6.79. The molecule has 1 aliphatic heterocycles. The molecule has 144 valence electrons. The molecule has 0 unspecified atom stereocenters. The molecule has 0 aliphatic carbocycles. The van der Waals surface area contributed by atoms with E-state index in [2.05, 4.69) is 15.4 Å². The van der Waals surface area contributed by atoms with Crippen molar-refractivity contribution >= 4 is 32.6 Å². The van der Waals surface area contributed by atoms with Crippen LogP contribution < -0.4 is 5.32 Å². The quantitative estimate of drug-likeness (QED) is 0.650. The van der Waals surface area contributed by atoms with Crippen molar-refractivity contribution in [3.63, 3.8) is 0 Å². The molecule has 0 saturated carbocycles. The Morgan fingerprint density at radius 3 is 2.96 bits per heavy atom. The number of thiazole rings is 1. The van der Waals surface area contributed by atoms with Gasteiger partial charge in [0, 0.05) is 18.7 Å². The number of halogens is 3. The number of likely N-dealkylation sites (tertiary alicyclic amines) is 1. The molecule has 2 N–H and O–H groups in total. The largest absolute Gasteiger partial charge is 0.433 e. The van der Waals surface area contributed by atoms with E-state index in [-0.39, 0.29) is 17.4 Å². The van der Waals surface area contributed by atoms with Crippen molar-refractivity contribution in [3.8, 4) is 17.3 Å². The Balaban J connectivity index is 1.57. The van der Waals surface area contributed by atoms with Crippen LogP contribution in [0, 0.1) is 17.4 Å². The van der Waals surface area contributed by atoms with Crippen molar-refractivity contribution in [1.82, 2.24) is 20.1 Å². The standard InChI is InChI=1S/C17H13F3N6OS/c18-17(19,20)14-11(6-22-25-14)9-1-2-12-13(5-9)28-16(23-12)24-15(27)10-3-4-26(7-10)8-21/h1-2,5-6,10H,3-4,7H2,(H,22,25)(H,23,24,27)/t10-/m0/s1. The highest BCUT2D eigenvalue weighted by Crippen LogP contribution is 2.37. The summed E-state index contributed by atoms with van der Waals surface area (Å²) >= 11 is 1.18. The van der Waals surface area contributed by atoms with Gasteiger partial charge in [0.1, 0.15) is 5.69 Å². The third-order valence-electron chi connectivity index (χ3n) is 4.55. The van der Waals surface area contributed by atoms with Crippen molar-refractivity contribution in [2.45, 2.75) is 12.6 Å². The average Bonchev–Trinajstić information content (AvgIpc) is 3.38. The minimum absolute atomic E-state index is 0.0454. The molecule has 0 radical (unpaired) electrons. The molecular formula is C17H13F3N6OS. The number of nitrogens with one attached hydrogen (secondary N) is 2. The normalized spacial score (nSPS) is 17.1. The molecule has 7 nitrogen and oxygen atoms in total. The Bertz CT molecular complexity index is 1080. The second-order valence-corrected chi connectivity index (χ2v) is 7.41. The number of hydrogen-bond donors (Lipinski definition) is 2. The highest BCUT2D eigenvalue weighted by atomic mass is 32.1. The van der Waals surface area contributed by atoms with Gasteiger partial charge in [-0.05, 0) is 24.1 Å².